The molecule has 5 nitrogen and oxygen atoms in total. The number of fused-ring (bicyclic) bond motifs is 13. The SMILES string of the molecule is CCc1c2[n-]c(c1CC)-c1cccc(n1)-c1cccc(n1)-c1cccc(n1)C=c1[n-]/c(c(CC)c1CC)=C\2.[Pt+2]. The number of nitrogens with zero attached hydrogens (tertiary/aromatic N) is 5. The molecule has 6 rings (SSSR count). The summed E-state index contributed by atoms with van der Waals surface area (Å²) in [5.74, 6) is 0. The molecule has 0 aromatic carbocycles. The first-order valence-electron chi connectivity index (χ1n) is 13.6. The van der Waals surface area contributed by atoms with Crippen molar-refractivity contribution in [2.24, 2.45) is 0 Å². The van der Waals surface area contributed by atoms with Crippen molar-refractivity contribution in [3.8, 4) is 34.2 Å². The largest absolute Gasteiger partial charge is 2.00 e. The molecule has 6 heterocycles. The average Bonchev–Trinajstić information content (AvgIpc) is 3.49. The molecule has 0 saturated carbocycles. The molecule has 0 atom stereocenters. The van der Waals surface area contributed by atoms with Gasteiger partial charge in [0.1, 0.15) is 0 Å². The van der Waals surface area contributed by atoms with Gasteiger partial charge >= 0.3 is 21.1 Å². The normalized spacial score (nSPS) is 12.6. The first-order chi connectivity index (χ1) is 18.6. The smallest absolute Gasteiger partial charge is 0.657 e. The van der Waals surface area contributed by atoms with Crippen LogP contribution in [0.4, 0.5) is 0 Å². The van der Waals surface area contributed by atoms with E-state index >= 15 is 0 Å². The Morgan fingerprint density at radius 1 is 0.513 bits per heavy atom. The molecule has 0 unspecified atom stereocenters. The molecule has 198 valence electrons. The molecule has 0 spiro atoms. The molecule has 10 bridgehead atoms. The van der Waals surface area contributed by atoms with E-state index in [1.807, 2.05) is 48.5 Å². The Bertz CT molecular complexity index is 1780. The van der Waals surface area contributed by atoms with Gasteiger partial charge in [-0.3, -0.25) is 0 Å². The molecule has 5 aromatic rings. The zero-order chi connectivity index (χ0) is 26.2. The number of rotatable bonds is 4. The summed E-state index contributed by atoms with van der Waals surface area (Å²) < 4.78 is 0. The molecule has 0 N–H and O–H groups in total. The monoisotopic (exact) mass is 692 g/mol. The molecule has 1 aliphatic heterocycles. The Morgan fingerprint density at radius 3 is 1.59 bits per heavy atom. The predicted molar refractivity (Wildman–Crippen MR) is 153 cm³/mol. The van der Waals surface area contributed by atoms with Crippen molar-refractivity contribution in [1.29, 1.82) is 0 Å². The minimum absolute atomic E-state index is 0. The van der Waals surface area contributed by atoms with E-state index in [0.29, 0.717) is 0 Å². The van der Waals surface area contributed by atoms with Gasteiger partial charge in [0.15, 0.2) is 0 Å². The summed E-state index contributed by atoms with van der Waals surface area (Å²) in [6.07, 6.45) is 7.92. The van der Waals surface area contributed by atoms with Gasteiger partial charge in [0.2, 0.25) is 0 Å². The second-order valence-corrected chi connectivity index (χ2v) is 9.61. The fraction of sp³-hybridized carbons (Fsp3) is 0.242. The maximum atomic E-state index is 5.19. The van der Waals surface area contributed by atoms with Gasteiger partial charge in [0.25, 0.3) is 0 Å². The van der Waals surface area contributed by atoms with Crippen molar-refractivity contribution in [2.45, 2.75) is 53.4 Å². The molecule has 0 saturated heterocycles. The summed E-state index contributed by atoms with van der Waals surface area (Å²) in [6.45, 7) is 8.81. The summed E-state index contributed by atoms with van der Waals surface area (Å²) in [6, 6.07) is 18.2. The summed E-state index contributed by atoms with van der Waals surface area (Å²) in [7, 11) is 0. The Morgan fingerprint density at radius 2 is 1.00 bits per heavy atom. The van der Waals surface area contributed by atoms with Crippen LogP contribution in [0.5, 0.6) is 0 Å². The number of pyridine rings is 3. The van der Waals surface area contributed by atoms with Crippen LogP contribution in [0.2, 0.25) is 0 Å². The van der Waals surface area contributed by atoms with Gasteiger partial charge in [-0.25, -0.2) is 15.0 Å². The van der Waals surface area contributed by atoms with E-state index in [4.69, 9.17) is 24.9 Å². The third-order valence-electron chi connectivity index (χ3n) is 7.42. The zero-order valence-corrected chi connectivity index (χ0v) is 25.0. The molecule has 6 heteroatoms. The maximum absolute atomic E-state index is 5.19. The van der Waals surface area contributed by atoms with Gasteiger partial charge < -0.3 is 9.97 Å². The van der Waals surface area contributed by atoms with Crippen LogP contribution in [0.15, 0.2) is 54.6 Å². The third-order valence-corrected chi connectivity index (χ3v) is 7.42. The van der Waals surface area contributed by atoms with E-state index in [1.165, 1.54) is 22.3 Å². The van der Waals surface area contributed by atoms with Crippen LogP contribution >= 0.6 is 0 Å². The van der Waals surface area contributed by atoms with Crippen LogP contribution in [0, 0.1) is 0 Å². The van der Waals surface area contributed by atoms with Gasteiger partial charge in [-0.05, 0) is 62.1 Å². The predicted octanol–water partition coefficient (Wildman–Crippen LogP) is 5.01. The first kappa shape index (κ1) is 27.0. The molecular weight excluding hydrogens is 661 g/mol. The summed E-state index contributed by atoms with van der Waals surface area (Å²) in [5.41, 5.74) is 12.1. The van der Waals surface area contributed by atoms with Crippen molar-refractivity contribution in [3.05, 3.63) is 98.9 Å². The van der Waals surface area contributed by atoms with Crippen LogP contribution < -0.4 is 20.7 Å². The van der Waals surface area contributed by atoms with E-state index in [2.05, 4.69) is 45.9 Å². The Balaban J connectivity index is 0.00000308. The Hall–Kier alpha value is -3.56. The second-order valence-electron chi connectivity index (χ2n) is 9.61. The minimum atomic E-state index is 0. The van der Waals surface area contributed by atoms with E-state index in [9.17, 15) is 0 Å². The minimum Gasteiger partial charge on any atom is -0.657 e. The Labute approximate surface area is 243 Å². The fourth-order valence-electron chi connectivity index (χ4n) is 5.63. The van der Waals surface area contributed by atoms with E-state index < -0.39 is 0 Å². The summed E-state index contributed by atoms with van der Waals surface area (Å²) in [4.78, 5) is 25.3. The molecule has 39 heavy (non-hydrogen) atoms. The zero-order valence-electron chi connectivity index (χ0n) is 22.7. The topological polar surface area (TPSA) is 66.9 Å². The standard InChI is InChI=1S/C33H31N5.Pt/c1-5-21-22(6-2)31-19-32-23(7-3)24(8-4)33(38-32)29-17-11-16-28(36-29)27-15-10-14-26(35-27)25-13-9-12-20(34-25)18-30(21)37-31;/h9-19H,5-8H2,1-4H3;/q-2;+2/b30-18?,31-19-;. The van der Waals surface area contributed by atoms with Crippen LogP contribution in [-0.4, -0.2) is 15.0 Å². The number of aromatic nitrogens is 5. The molecule has 0 radical (unpaired) electrons. The number of hydrogen-bond donors (Lipinski definition) is 0. The molecular formula is C33H31N5Pt. The van der Waals surface area contributed by atoms with Gasteiger partial charge in [0, 0.05) is 5.69 Å². The van der Waals surface area contributed by atoms with Crippen LogP contribution in [0.1, 0.15) is 61.3 Å². The molecule has 5 aromatic heterocycles. The maximum Gasteiger partial charge on any atom is 2.00 e. The second kappa shape index (κ2) is 11.3. The number of hydrogen-bond acceptors (Lipinski definition) is 3. The van der Waals surface area contributed by atoms with Crippen molar-refractivity contribution >= 4 is 12.2 Å². The Kier molecular flexibility index (Phi) is 7.81. The van der Waals surface area contributed by atoms with Crippen molar-refractivity contribution in [3.63, 3.8) is 0 Å². The third kappa shape index (κ3) is 4.85. The summed E-state index contributed by atoms with van der Waals surface area (Å²) in [5, 5.41) is 1.99. The van der Waals surface area contributed by atoms with Crippen LogP contribution in [0.25, 0.3) is 46.3 Å². The van der Waals surface area contributed by atoms with Crippen LogP contribution in [-0.2, 0) is 46.7 Å². The van der Waals surface area contributed by atoms with Gasteiger partial charge in [0.05, 0.1) is 28.5 Å². The van der Waals surface area contributed by atoms with Crippen molar-refractivity contribution < 1.29 is 21.1 Å². The average molecular weight is 693 g/mol. The van der Waals surface area contributed by atoms with E-state index in [-0.39, 0.29) is 21.1 Å². The van der Waals surface area contributed by atoms with Gasteiger partial charge in [-0.1, -0.05) is 80.3 Å². The van der Waals surface area contributed by atoms with Crippen molar-refractivity contribution in [2.75, 3.05) is 0 Å². The first-order valence-corrected chi connectivity index (χ1v) is 13.6. The molecule has 0 amide bonds. The quantitative estimate of drug-likeness (QED) is 0.260. The molecule has 0 fully saturated rings. The summed E-state index contributed by atoms with van der Waals surface area (Å²) >= 11 is 0. The fourth-order valence-corrected chi connectivity index (χ4v) is 5.63. The van der Waals surface area contributed by atoms with Gasteiger partial charge in [-0.15, -0.1) is 22.1 Å². The molecule has 1 aliphatic rings. The molecule has 0 aliphatic carbocycles. The van der Waals surface area contributed by atoms with E-state index in [1.54, 1.807) is 0 Å². The van der Waals surface area contributed by atoms with Gasteiger partial charge in [-0.2, -0.15) is 0 Å². The van der Waals surface area contributed by atoms with Crippen molar-refractivity contribution in [1.82, 2.24) is 24.9 Å². The van der Waals surface area contributed by atoms with E-state index in [0.717, 1.165) is 81.9 Å². The van der Waals surface area contributed by atoms with Crippen LogP contribution in [0.3, 0.4) is 0 Å².